The van der Waals surface area contributed by atoms with Crippen LogP contribution in [0.4, 0.5) is 5.82 Å². The zero-order valence-corrected chi connectivity index (χ0v) is 10.1. The lowest BCUT2D eigenvalue weighted by Crippen LogP contribution is -2.04. The number of nitrogen functional groups attached to an aromatic ring is 1. The molecule has 0 spiro atoms. The second kappa shape index (κ2) is 3.91. The quantitative estimate of drug-likeness (QED) is 0.814. The van der Waals surface area contributed by atoms with E-state index < -0.39 is 0 Å². The van der Waals surface area contributed by atoms with E-state index in [0.717, 1.165) is 24.3 Å². The molecule has 1 heterocycles. The number of para-hydroxylation sites is 1. The van der Waals surface area contributed by atoms with E-state index in [1.165, 1.54) is 29.7 Å². The summed E-state index contributed by atoms with van der Waals surface area (Å²) in [6.45, 7) is 2.09. The Hall–Kier alpha value is -1.77. The standard InChI is InChI=1S/C14H17N3/c1-10-6-2-5-9-13(10)17-14(15)11-7-3-4-8-12(11)16-17/h2,5-6,9H,3-4,7-8,15H2,1H3. The number of nitrogens with two attached hydrogens (primary N) is 1. The SMILES string of the molecule is Cc1ccccc1-n1nc2c(c1N)CCCC2. The normalized spacial score (nSPS) is 14.6. The van der Waals surface area contributed by atoms with Crippen LogP contribution < -0.4 is 5.73 Å². The molecule has 3 rings (SSSR count). The molecule has 2 aromatic rings. The monoisotopic (exact) mass is 227 g/mol. The van der Waals surface area contributed by atoms with Gasteiger partial charge in [0, 0.05) is 5.56 Å². The summed E-state index contributed by atoms with van der Waals surface area (Å²) in [5, 5.41) is 4.67. The van der Waals surface area contributed by atoms with Crippen LogP contribution in [0.2, 0.25) is 0 Å². The van der Waals surface area contributed by atoms with Crippen LogP contribution in [-0.2, 0) is 12.8 Å². The van der Waals surface area contributed by atoms with Crippen molar-refractivity contribution in [2.75, 3.05) is 5.73 Å². The number of hydrogen-bond acceptors (Lipinski definition) is 2. The van der Waals surface area contributed by atoms with Crippen molar-refractivity contribution in [1.29, 1.82) is 0 Å². The molecule has 2 N–H and O–H groups in total. The maximum Gasteiger partial charge on any atom is 0.130 e. The summed E-state index contributed by atoms with van der Waals surface area (Å²) in [6.07, 6.45) is 4.61. The van der Waals surface area contributed by atoms with Gasteiger partial charge in [-0.2, -0.15) is 5.10 Å². The third kappa shape index (κ3) is 1.62. The summed E-state index contributed by atoms with van der Waals surface area (Å²) in [5.41, 5.74) is 11.0. The number of hydrogen-bond donors (Lipinski definition) is 1. The highest BCUT2D eigenvalue weighted by molar-refractivity contribution is 5.53. The molecule has 1 aliphatic rings. The molecule has 0 saturated carbocycles. The molecule has 0 radical (unpaired) electrons. The number of aromatic nitrogens is 2. The molecule has 0 amide bonds. The first kappa shape index (κ1) is 10.4. The van der Waals surface area contributed by atoms with Crippen LogP contribution >= 0.6 is 0 Å². The van der Waals surface area contributed by atoms with Crippen molar-refractivity contribution in [3.8, 4) is 5.69 Å². The number of fused-ring (bicyclic) bond motifs is 1. The van der Waals surface area contributed by atoms with Gasteiger partial charge in [-0.05, 0) is 44.2 Å². The van der Waals surface area contributed by atoms with Gasteiger partial charge in [-0.15, -0.1) is 0 Å². The summed E-state index contributed by atoms with van der Waals surface area (Å²) >= 11 is 0. The van der Waals surface area contributed by atoms with Crippen molar-refractivity contribution >= 4 is 5.82 Å². The van der Waals surface area contributed by atoms with Crippen molar-refractivity contribution in [3.05, 3.63) is 41.1 Å². The van der Waals surface area contributed by atoms with Crippen molar-refractivity contribution in [2.45, 2.75) is 32.6 Å². The Morgan fingerprint density at radius 3 is 2.71 bits per heavy atom. The summed E-state index contributed by atoms with van der Waals surface area (Å²) < 4.78 is 1.91. The Morgan fingerprint density at radius 1 is 1.18 bits per heavy atom. The van der Waals surface area contributed by atoms with Crippen molar-refractivity contribution in [2.24, 2.45) is 0 Å². The van der Waals surface area contributed by atoms with Crippen LogP contribution in [0, 0.1) is 6.92 Å². The van der Waals surface area contributed by atoms with Crippen molar-refractivity contribution < 1.29 is 0 Å². The molecule has 0 unspecified atom stereocenters. The number of aryl methyl sites for hydroxylation is 2. The average molecular weight is 227 g/mol. The lowest BCUT2D eigenvalue weighted by Gasteiger charge is -2.09. The molecule has 17 heavy (non-hydrogen) atoms. The third-order valence-electron chi connectivity index (χ3n) is 3.54. The van der Waals surface area contributed by atoms with Crippen LogP contribution in [0.1, 0.15) is 29.7 Å². The van der Waals surface area contributed by atoms with Crippen LogP contribution in [0.25, 0.3) is 5.69 Å². The fourth-order valence-corrected chi connectivity index (χ4v) is 2.56. The first-order chi connectivity index (χ1) is 8.27. The first-order valence-electron chi connectivity index (χ1n) is 6.19. The van der Waals surface area contributed by atoms with Gasteiger partial charge in [-0.25, -0.2) is 4.68 Å². The van der Waals surface area contributed by atoms with Gasteiger partial charge in [0.2, 0.25) is 0 Å². The van der Waals surface area contributed by atoms with Crippen LogP contribution in [0.5, 0.6) is 0 Å². The van der Waals surface area contributed by atoms with E-state index in [4.69, 9.17) is 5.73 Å². The largest absolute Gasteiger partial charge is 0.383 e. The minimum absolute atomic E-state index is 0.828. The smallest absolute Gasteiger partial charge is 0.130 e. The lowest BCUT2D eigenvalue weighted by molar-refractivity contribution is 0.671. The highest BCUT2D eigenvalue weighted by Crippen LogP contribution is 2.28. The van der Waals surface area contributed by atoms with E-state index >= 15 is 0 Å². The molecule has 0 atom stereocenters. The van der Waals surface area contributed by atoms with Gasteiger partial charge in [0.1, 0.15) is 5.82 Å². The fraction of sp³-hybridized carbons (Fsp3) is 0.357. The predicted octanol–water partition coefficient (Wildman–Crippen LogP) is 2.64. The lowest BCUT2D eigenvalue weighted by atomic mass is 9.98. The molecule has 1 aliphatic carbocycles. The van der Waals surface area contributed by atoms with Gasteiger partial charge < -0.3 is 5.73 Å². The summed E-state index contributed by atoms with van der Waals surface area (Å²) in [4.78, 5) is 0. The Labute approximate surface area is 101 Å². The van der Waals surface area contributed by atoms with Gasteiger partial charge in [-0.3, -0.25) is 0 Å². The molecule has 88 valence electrons. The number of anilines is 1. The van der Waals surface area contributed by atoms with Gasteiger partial charge in [-0.1, -0.05) is 18.2 Å². The minimum atomic E-state index is 0.828. The highest BCUT2D eigenvalue weighted by atomic mass is 15.3. The molecule has 1 aromatic heterocycles. The van der Waals surface area contributed by atoms with E-state index in [1.807, 2.05) is 16.8 Å². The van der Waals surface area contributed by atoms with Gasteiger partial charge in [0.05, 0.1) is 11.4 Å². The molecule has 3 heteroatoms. The van der Waals surface area contributed by atoms with Gasteiger partial charge >= 0.3 is 0 Å². The van der Waals surface area contributed by atoms with Gasteiger partial charge in [0.15, 0.2) is 0 Å². The second-order valence-corrected chi connectivity index (χ2v) is 4.72. The maximum absolute atomic E-state index is 6.23. The van der Waals surface area contributed by atoms with E-state index in [1.54, 1.807) is 0 Å². The number of nitrogens with zero attached hydrogens (tertiary/aromatic N) is 2. The van der Waals surface area contributed by atoms with Crippen molar-refractivity contribution in [3.63, 3.8) is 0 Å². The summed E-state index contributed by atoms with van der Waals surface area (Å²) in [6, 6.07) is 8.24. The van der Waals surface area contributed by atoms with E-state index in [-0.39, 0.29) is 0 Å². The Balaban J connectivity index is 2.16. The van der Waals surface area contributed by atoms with E-state index in [2.05, 4.69) is 24.2 Å². The highest BCUT2D eigenvalue weighted by Gasteiger charge is 2.19. The zero-order valence-electron chi connectivity index (χ0n) is 10.1. The molecule has 0 aliphatic heterocycles. The van der Waals surface area contributed by atoms with E-state index in [9.17, 15) is 0 Å². The Morgan fingerprint density at radius 2 is 1.94 bits per heavy atom. The average Bonchev–Trinajstić information content (AvgIpc) is 2.68. The number of rotatable bonds is 1. The third-order valence-corrected chi connectivity index (χ3v) is 3.54. The van der Waals surface area contributed by atoms with Gasteiger partial charge in [0.25, 0.3) is 0 Å². The zero-order chi connectivity index (χ0) is 11.8. The predicted molar refractivity (Wildman–Crippen MR) is 69.4 cm³/mol. The molecule has 0 saturated heterocycles. The summed E-state index contributed by atoms with van der Waals surface area (Å²) in [5.74, 6) is 0.828. The first-order valence-corrected chi connectivity index (χ1v) is 6.19. The topological polar surface area (TPSA) is 43.8 Å². The number of benzene rings is 1. The fourth-order valence-electron chi connectivity index (χ4n) is 2.56. The molecular formula is C14H17N3. The van der Waals surface area contributed by atoms with Crippen molar-refractivity contribution in [1.82, 2.24) is 9.78 Å². The van der Waals surface area contributed by atoms with Crippen LogP contribution in [0.3, 0.4) is 0 Å². The molecule has 0 bridgehead atoms. The Bertz CT molecular complexity index is 555. The maximum atomic E-state index is 6.23. The summed E-state index contributed by atoms with van der Waals surface area (Å²) in [7, 11) is 0. The Kier molecular flexibility index (Phi) is 2.39. The van der Waals surface area contributed by atoms with Crippen LogP contribution in [-0.4, -0.2) is 9.78 Å². The molecule has 3 nitrogen and oxygen atoms in total. The molecular weight excluding hydrogens is 210 g/mol. The van der Waals surface area contributed by atoms with Crippen LogP contribution in [0.15, 0.2) is 24.3 Å². The molecule has 1 aromatic carbocycles. The second-order valence-electron chi connectivity index (χ2n) is 4.72. The molecule has 0 fully saturated rings. The van der Waals surface area contributed by atoms with E-state index in [0.29, 0.717) is 0 Å². The minimum Gasteiger partial charge on any atom is -0.383 e.